The van der Waals surface area contributed by atoms with Crippen molar-refractivity contribution in [3.8, 4) is 11.6 Å². The second-order valence-corrected chi connectivity index (χ2v) is 6.55. The molecule has 0 atom stereocenters. The number of pyridine rings is 2. The Bertz CT molecular complexity index is 1160. The van der Waals surface area contributed by atoms with Crippen LogP contribution in [0.4, 0.5) is 5.82 Å². The number of aromatic nitrogens is 3. The molecule has 7 heteroatoms. The summed E-state index contributed by atoms with van der Waals surface area (Å²) >= 11 is 3.32. The fourth-order valence-corrected chi connectivity index (χ4v) is 2.93. The zero-order valence-corrected chi connectivity index (χ0v) is 15.0. The third-order valence-electron chi connectivity index (χ3n) is 3.97. The van der Waals surface area contributed by atoms with Gasteiger partial charge in [0.1, 0.15) is 0 Å². The Kier molecular flexibility index (Phi) is 4.14. The predicted molar refractivity (Wildman–Crippen MR) is 105 cm³/mol. The van der Waals surface area contributed by atoms with Crippen LogP contribution >= 0.6 is 15.9 Å². The maximum absolute atomic E-state index is 12.2. The highest BCUT2D eigenvalue weighted by atomic mass is 79.9. The van der Waals surface area contributed by atoms with Gasteiger partial charge in [0, 0.05) is 45.7 Å². The summed E-state index contributed by atoms with van der Waals surface area (Å²) in [5, 5.41) is 11.3. The smallest absolute Gasteiger partial charge is 0.258 e. The quantitative estimate of drug-likeness (QED) is 0.503. The molecule has 0 bridgehead atoms. The summed E-state index contributed by atoms with van der Waals surface area (Å²) in [5.74, 6) is 0.265. The average Bonchev–Trinajstić information content (AvgIpc) is 3.17. The van der Waals surface area contributed by atoms with Crippen LogP contribution in [0.1, 0.15) is 5.56 Å². The minimum Gasteiger partial charge on any atom is -0.494 e. The number of fused-ring (bicyclic) bond motifs is 1. The third-order valence-corrected chi connectivity index (χ3v) is 4.43. The molecule has 6 nitrogen and oxygen atoms in total. The summed E-state index contributed by atoms with van der Waals surface area (Å²) < 4.78 is 2.78. The zero-order chi connectivity index (χ0) is 18.1. The lowest BCUT2D eigenvalue weighted by atomic mass is 10.1. The van der Waals surface area contributed by atoms with Crippen molar-refractivity contribution in [3.05, 3.63) is 81.4 Å². The normalized spacial score (nSPS) is 11.4. The number of benzene rings is 1. The molecule has 3 aromatic heterocycles. The van der Waals surface area contributed by atoms with Crippen molar-refractivity contribution < 1.29 is 5.11 Å². The van der Waals surface area contributed by atoms with E-state index in [1.807, 2.05) is 47.3 Å². The van der Waals surface area contributed by atoms with Crippen LogP contribution in [-0.4, -0.2) is 25.9 Å². The number of hydrogen-bond donors (Lipinski definition) is 2. The molecule has 26 heavy (non-hydrogen) atoms. The molecule has 0 saturated carbocycles. The summed E-state index contributed by atoms with van der Waals surface area (Å²) in [5.41, 5.74) is 0.956. The van der Waals surface area contributed by atoms with E-state index in [0.717, 1.165) is 10.2 Å². The molecule has 0 unspecified atom stereocenters. The number of rotatable bonds is 3. The Balaban J connectivity index is 1.88. The first kappa shape index (κ1) is 16.3. The van der Waals surface area contributed by atoms with Gasteiger partial charge in [-0.3, -0.25) is 9.78 Å². The average molecular weight is 409 g/mol. The Morgan fingerprint density at radius 2 is 1.96 bits per heavy atom. The first-order valence-electron chi connectivity index (χ1n) is 7.80. The second kappa shape index (κ2) is 6.61. The van der Waals surface area contributed by atoms with Crippen molar-refractivity contribution in [2.24, 2.45) is 4.99 Å². The Labute approximate surface area is 156 Å². The van der Waals surface area contributed by atoms with Crippen LogP contribution in [0.3, 0.4) is 0 Å². The monoisotopic (exact) mass is 408 g/mol. The Morgan fingerprint density at radius 1 is 1.15 bits per heavy atom. The van der Waals surface area contributed by atoms with Crippen molar-refractivity contribution in [3.63, 3.8) is 0 Å². The second-order valence-electron chi connectivity index (χ2n) is 5.63. The molecule has 0 saturated heterocycles. The number of aliphatic imine (C=N–C) groups is 1. The van der Waals surface area contributed by atoms with Crippen molar-refractivity contribution >= 4 is 38.7 Å². The molecule has 0 aliphatic heterocycles. The molecule has 128 valence electrons. The lowest BCUT2D eigenvalue weighted by Crippen LogP contribution is -2.08. The van der Waals surface area contributed by atoms with Gasteiger partial charge in [-0.25, -0.2) is 9.98 Å². The van der Waals surface area contributed by atoms with Gasteiger partial charge in [-0.15, -0.1) is 0 Å². The van der Waals surface area contributed by atoms with Gasteiger partial charge in [0.15, 0.2) is 5.82 Å². The minimum absolute atomic E-state index is 0.229. The topological polar surface area (TPSA) is 83.3 Å². The standard InChI is InChI=1S/C19H13BrN4O2/c20-12-3-6-17(21-10-12)22-11-16-15-9-13(24-7-1-2-8-24)4-5-14(15)18(25)23-19(16)26/h1-11H,(H2,23,25,26). The van der Waals surface area contributed by atoms with E-state index in [1.54, 1.807) is 18.3 Å². The van der Waals surface area contributed by atoms with Gasteiger partial charge in [-0.1, -0.05) is 0 Å². The van der Waals surface area contributed by atoms with Crippen molar-refractivity contribution in [1.29, 1.82) is 0 Å². The summed E-state index contributed by atoms with van der Waals surface area (Å²) in [4.78, 5) is 23.1. The number of nitrogens with one attached hydrogen (secondary N) is 1. The predicted octanol–water partition coefficient (Wildman–Crippen LogP) is 3.93. The maximum Gasteiger partial charge on any atom is 0.258 e. The van der Waals surface area contributed by atoms with E-state index in [-0.39, 0.29) is 11.4 Å². The highest BCUT2D eigenvalue weighted by Gasteiger charge is 2.11. The summed E-state index contributed by atoms with van der Waals surface area (Å²) in [6.45, 7) is 0. The zero-order valence-electron chi connectivity index (χ0n) is 13.4. The van der Waals surface area contributed by atoms with Gasteiger partial charge >= 0.3 is 0 Å². The molecule has 0 aliphatic rings. The molecule has 0 amide bonds. The molecule has 2 N–H and O–H groups in total. The SMILES string of the molecule is O=c1[nH]c(O)c(C=Nc2ccc(Br)cn2)c2cc(-n3cccc3)ccc12. The molecule has 4 rings (SSSR count). The fourth-order valence-electron chi connectivity index (χ4n) is 2.70. The van der Waals surface area contributed by atoms with Gasteiger partial charge in [0.05, 0.1) is 5.56 Å². The molecule has 3 heterocycles. The number of nitrogens with zero attached hydrogens (tertiary/aromatic N) is 3. The fraction of sp³-hybridized carbons (Fsp3) is 0. The number of aromatic amines is 1. The van der Waals surface area contributed by atoms with Gasteiger partial charge in [0.25, 0.3) is 5.56 Å². The molecule has 0 aliphatic carbocycles. The van der Waals surface area contributed by atoms with Crippen LogP contribution in [0.15, 0.2) is 75.3 Å². The van der Waals surface area contributed by atoms with E-state index in [1.165, 1.54) is 6.21 Å². The van der Waals surface area contributed by atoms with E-state index in [2.05, 4.69) is 30.9 Å². The van der Waals surface area contributed by atoms with E-state index in [9.17, 15) is 9.90 Å². The van der Waals surface area contributed by atoms with E-state index in [0.29, 0.717) is 22.2 Å². The Hall–Kier alpha value is -3.19. The van der Waals surface area contributed by atoms with Crippen molar-refractivity contribution in [2.75, 3.05) is 0 Å². The van der Waals surface area contributed by atoms with E-state index >= 15 is 0 Å². The summed E-state index contributed by atoms with van der Waals surface area (Å²) in [6.07, 6.45) is 6.96. The van der Waals surface area contributed by atoms with Crippen LogP contribution in [-0.2, 0) is 0 Å². The lowest BCUT2D eigenvalue weighted by Gasteiger charge is -2.08. The molecule has 1 aromatic carbocycles. The van der Waals surface area contributed by atoms with Gasteiger partial charge in [0.2, 0.25) is 5.88 Å². The Morgan fingerprint density at radius 3 is 2.69 bits per heavy atom. The molecular formula is C19H13BrN4O2. The van der Waals surface area contributed by atoms with Gasteiger partial charge < -0.3 is 9.67 Å². The number of hydrogen-bond acceptors (Lipinski definition) is 4. The van der Waals surface area contributed by atoms with Crippen LogP contribution in [0.2, 0.25) is 0 Å². The van der Waals surface area contributed by atoms with Crippen molar-refractivity contribution in [1.82, 2.24) is 14.5 Å². The summed E-state index contributed by atoms with van der Waals surface area (Å²) in [7, 11) is 0. The number of halogens is 1. The molecule has 4 aromatic rings. The largest absolute Gasteiger partial charge is 0.494 e. The first-order chi connectivity index (χ1) is 12.6. The molecule has 0 radical (unpaired) electrons. The van der Waals surface area contributed by atoms with E-state index in [4.69, 9.17) is 0 Å². The minimum atomic E-state index is -0.351. The van der Waals surface area contributed by atoms with E-state index < -0.39 is 0 Å². The van der Waals surface area contributed by atoms with Gasteiger partial charge in [-0.05, 0) is 58.4 Å². The molecule has 0 spiro atoms. The highest BCUT2D eigenvalue weighted by Crippen LogP contribution is 2.24. The first-order valence-corrected chi connectivity index (χ1v) is 8.59. The molecular weight excluding hydrogens is 396 g/mol. The van der Waals surface area contributed by atoms with Crippen molar-refractivity contribution in [2.45, 2.75) is 0 Å². The third kappa shape index (κ3) is 3.04. The molecule has 0 fully saturated rings. The number of aromatic hydroxyl groups is 1. The lowest BCUT2D eigenvalue weighted by molar-refractivity contribution is 0.452. The number of H-pyrrole nitrogens is 1. The maximum atomic E-state index is 12.2. The highest BCUT2D eigenvalue weighted by molar-refractivity contribution is 9.10. The van der Waals surface area contributed by atoms with Gasteiger partial charge in [-0.2, -0.15) is 0 Å². The van der Waals surface area contributed by atoms with Crippen LogP contribution in [0.25, 0.3) is 16.5 Å². The van der Waals surface area contributed by atoms with Crippen LogP contribution < -0.4 is 5.56 Å². The van der Waals surface area contributed by atoms with Crippen LogP contribution in [0.5, 0.6) is 5.88 Å². The summed E-state index contributed by atoms with van der Waals surface area (Å²) in [6, 6.07) is 12.8. The van der Waals surface area contributed by atoms with Crippen LogP contribution in [0, 0.1) is 0 Å².